The van der Waals surface area contributed by atoms with E-state index in [9.17, 15) is 19.1 Å². The van der Waals surface area contributed by atoms with E-state index in [-0.39, 0.29) is 24.8 Å². The highest BCUT2D eigenvalue weighted by molar-refractivity contribution is 5.79. The van der Waals surface area contributed by atoms with Gasteiger partial charge in [-0.3, -0.25) is 4.79 Å². The fourth-order valence-electron chi connectivity index (χ4n) is 3.15. The van der Waals surface area contributed by atoms with Gasteiger partial charge in [0.1, 0.15) is 11.4 Å². The zero-order valence-corrected chi connectivity index (χ0v) is 15.7. The molecule has 1 aliphatic rings. The predicted molar refractivity (Wildman–Crippen MR) is 95.1 cm³/mol. The number of amides is 2. The van der Waals surface area contributed by atoms with Gasteiger partial charge in [-0.15, -0.1) is 0 Å². The Labute approximate surface area is 153 Å². The van der Waals surface area contributed by atoms with E-state index < -0.39 is 23.8 Å². The van der Waals surface area contributed by atoms with Crippen LogP contribution < -0.4 is 5.32 Å². The average molecular weight is 366 g/mol. The topological polar surface area (TPSA) is 78.9 Å². The molecule has 2 atom stereocenters. The van der Waals surface area contributed by atoms with Crippen molar-refractivity contribution in [1.82, 2.24) is 10.2 Å². The van der Waals surface area contributed by atoms with Crippen LogP contribution in [0, 0.1) is 12.7 Å². The first-order chi connectivity index (χ1) is 12.1. The van der Waals surface area contributed by atoms with Crippen molar-refractivity contribution >= 4 is 12.0 Å². The lowest BCUT2D eigenvalue weighted by Crippen LogP contribution is -2.43. The number of hydrogen-bond acceptors (Lipinski definition) is 4. The number of aliphatic hydroxyl groups is 1. The molecule has 1 saturated heterocycles. The lowest BCUT2D eigenvalue weighted by Gasteiger charge is -2.30. The molecule has 0 radical (unpaired) electrons. The molecule has 1 heterocycles. The molecule has 0 unspecified atom stereocenters. The van der Waals surface area contributed by atoms with Crippen molar-refractivity contribution < 1.29 is 23.8 Å². The first-order valence-electron chi connectivity index (χ1n) is 8.79. The number of benzene rings is 1. The van der Waals surface area contributed by atoms with Crippen LogP contribution in [0.2, 0.25) is 0 Å². The number of ether oxygens (including phenoxy) is 1. The van der Waals surface area contributed by atoms with E-state index in [0.29, 0.717) is 24.0 Å². The van der Waals surface area contributed by atoms with Gasteiger partial charge >= 0.3 is 6.09 Å². The zero-order chi connectivity index (χ0) is 19.5. The molecule has 0 spiro atoms. The number of nitrogens with one attached hydrogen (secondary N) is 1. The van der Waals surface area contributed by atoms with Crippen LogP contribution in [0.4, 0.5) is 9.18 Å². The fourth-order valence-corrected chi connectivity index (χ4v) is 3.15. The van der Waals surface area contributed by atoms with Crippen molar-refractivity contribution in [3.8, 4) is 0 Å². The molecule has 0 aromatic heterocycles. The molecule has 2 amide bonds. The van der Waals surface area contributed by atoms with E-state index in [0.717, 1.165) is 0 Å². The maximum atomic E-state index is 13.3. The molecule has 0 saturated carbocycles. The van der Waals surface area contributed by atoms with Gasteiger partial charge in [0.15, 0.2) is 0 Å². The molecule has 2 rings (SSSR count). The molecule has 0 aliphatic carbocycles. The summed E-state index contributed by atoms with van der Waals surface area (Å²) in [7, 11) is 0. The van der Waals surface area contributed by atoms with Crippen molar-refractivity contribution in [2.45, 2.75) is 58.3 Å². The Kier molecular flexibility index (Phi) is 6.23. The Bertz CT molecular complexity index is 672. The molecule has 0 bridgehead atoms. The predicted octanol–water partition coefficient (Wildman–Crippen LogP) is 2.68. The molecule has 1 aromatic carbocycles. The van der Waals surface area contributed by atoms with Gasteiger partial charge in [-0.1, -0.05) is 6.07 Å². The third-order valence-corrected chi connectivity index (χ3v) is 4.31. The number of carbonyl (C=O) groups excluding carboxylic acids is 2. The number of alkyl carbamates (subject to hydrolysis) is 1. The summed E-state index contributed by atoms with van der Waals surface area (Å²) in [6, 6.07) is 3.82. The monoisotopic (exact) mass is 366 g/mol. The Morgan fingerprint density at radius 2 is 2.15 bits per heavy atom. The van der Waals surface area contributed by atoms with Crippen LogP contribution in [0.5, 0.6) is 0 Å². The number of aliphatic hydroxyl groups excluding tert-OH is 1. The normalized spacial score (nSPS) is 18.8. The third kappa shape index (κ3) is 5.17. The van der Waals surface area contributed by atoms with Crippen LogP contribution >= 0.6 is 0 Å². The van der Waals surface area contributed by atoms with Gasteiger partial charge in [0.05, 0.1) is 12.1 Å². The minimum Gasteiger partial charge on any atom is -0.444 e. The first-order valence-corrected chi connectivity index (χ1v) is 8.79. The summed E-state index contributed by atoms with van der Waals surface area (Å²) in [5.74, 6) is -0.431. The summed E-state index contributed by atoms with van der Waals surface area (Å²) in [5.41, 5.74) is 0.659. The lowest BCUT2D eigenvalue weighted by atomic mass is 9.96. The highest BCUT2D eigenvalue weighted by Gasteiger charge is 2.36. The van der Waals surface area contributed by atoms with Crippen molar-refractivity contribution in [1.29, 1.82) is 0 Å². The average Bonchev–Trinajstić information content (AvgIpc) is 2.86. The molecule has 2 N–H and O–H groups in total. The van der Waals surface area contributed by atoms with Crippen LogP contribution in [-0.2, 0) is 9.53 Å². The number of hydrogen-bond donors (Lipinski definition) is 2. The van der Waals surface area contributed by atoms with E-state index in [2.05, 4.69) is 5.32 Å². The molecule has 6 nitrogen and oxygen atoms in total. The molecular formula is C19H27FN2O4. The molecule has 7 heteroatoms. The van der Waals surface area contributed by atoms with Crippen molar-refractivity contribution in [3.63, 3.8) is 0 Å². The first kappa shape index (κ1) is 20.2. The van der Waals surface area contributed by atoms with Gasteiger partial charge in [0, 0.05) is 19.5 Å². The summed E-state index contributed by atoms with van der Waals surface area (Å²) < 4.78 is 18.4. The Hall–Kier alpha value is -2.15. The van der Waals surface area contributed by atoms with Crippen LogP contribution in [0.1, 0.15) is 50.8 Å². The Morgan fingerprint density at radius 3 is 2.77 bits per heavy atom. The summed E-state index contributed by atoms with van der Waals surface area (Å²) in [6.45, 7) is 7.55. The SMILES string of the molecule is Cc1cc(F)ccc1[C@@H](O)[C@@H]1CCC(=O)N1CCNC(=O)OC(C)(C)C. The van der Waals surface area contributed by atoms with E-state index in [4.69, 9.17) is 4.74 Å². The van der Waals surface area contributed by atoms with E-state index in [1.807, 2.05) is 0 Å². The third-order valence-electron chi connectivity index (χ3n) is 4.31. The molecule has 1 aromatic rings. The van der Waals surface area contributed by atoms with Gasteiger partial charge in [-0.25, -0.2) is 9.18 Å². The number of nitrogens with zero attached hydrogens (tertiary/aromatic N) is 1. The maximum Gasteiger partial charge on any atom is 0.407 e. The second-order valence-electron chi connectivity index (χ2n) is 7.57. The molecule has 144 valence electrons. The number of halogens is 1. The quantitative estimate of drug-likeness (QED) is 0.840. The van der Waals surface area contributed by atoms with Gasteiger partial charge < -0.3 is 20.1 Å². The van der Waals surface area contributed by atoms with Crippen molar-refractivity contribution in [2.75, 3.05) is 13.1 Å². The van der Waals surface area contributed by atoms with Crippen molar-refractivity contribution in [2.24, 2.45) is 0 Å². The van der Waals surface area contributed by atoms with Gasteiger partial charge in [0.2, 0.25) is 5.91 Å². The second-order valence-corrected chi connectivity index (χ2v) is 7.57. The van der Waals surface area contributed by atoms with Crippen molar-refractivity contribution in [3.05, 3.63) is 35.1 Å². The van der Waals surface area contributed by atoms with Crippen LogP contribution in [0.15, 0.2) is 18.2 Å². The molecule has 1 fully saturated rings. The highest BCUT2D eigenvalue weighted by atomic mass is 19.1. The lowest BCUT2D eigenvalue weighted by molar-refractivity contribution is -0.130. The summed E-state index contributed by atoms with van der Waals surface area (Å²) in [6.07, 6.45) is -0.586. The number of rotatable bonds is 5. The fraction of sp³-hybridized carbons (Fsp3) is 0.579. The number of likely N-dealkylation sites (tertiary alicyclic amines) is 1. The largest absolute Gasteiger partial charge is 0.444 e. The van der Waals surface area contributed by atoms with E-state index in [1.165, 1.54) is 12.1 Å². The highest BCUT2D eigenvalue weighted by Crippen LogP contribution is 2.31. The van der Waals surface area contributed by atoms with Crippen LogP contribution in [0.3, 0.4) is 0 Å². The molecule has 1 aliphatic heterocycles. The minimum absolute atomic E-state index is 0.0696. The zero-order valence-electron chi connectivity index (χ0n) is 15.7. The molecule has 26 heavy (non-hydrogen) atoms. The molecular weight excluding hydrogens is 339 g/mol. The summed E-state index contributed by atoms with van der Waals surface area (Å²) in [5, 5.41) is 13.3. The summed E-state index contributed by atoms with van der Waals surface area (Å²) >= 11 is 0. The smallest absolute Gasteiger partial charge is 0.407 e. The standard InChI is InChI=1S/C19H27FN2O4/c1-12-11-13(20)5-6-14(12)17(24)15-7-8-16(23)22(15)10-9-21-18(25)26-19(2,3)4/h5-6,11,15,17,24H,7-10H2,1-4H3,(H,21,25)/t15-,17+/m0/s1. The second kappa shape index (κ2) is 8.03. The van der Waals surface area contributed by atoms with Crippen LogP contribution in [-0.4, -0.2) is 46.7 Å². The van der Waals surface area contributed by atoms with Gasteiger partial charge in [-0.05, 0) is 57.4 Å². The summed E-state index contributed by atoms with van der Waals surface area (Å²) in [4.78, 5) is 25.5. The van der Waals surface area contributed by atoms with E-state index >= 15 is 0 Å². The maximum absolute atomic E-state index is 13.3. The van der Waals surface area contributed by atoms with Gasteiger partial charge in [0.25, 0.3) is 0 Å². The van der Waals surface area contributed by atoms with E-state index in [1.54, 1.807) is 38.7 Å². The Morgan fingerprint density at radius 1 is 1.46 bits per heavy atom. The number of carbonyl (C=O) groups is 2. The Balaban J connectivity index is 1.98. The van der Waals surface area contributed by atoms with Crippen LogP contribution in [0.25, 0.3) is 0 Å². The minimum atomic E-state index is -0.899. The number of aryl methyl sites for hydroxylation is 1. The van der Waals surface area contributed by atoms with Gasteiger partial charge in [-0.2, -0.15) is 0 Å².